The van der Waals surface area contributed by atoms with Gasteiger partial charge < -0.3 is 15.3 Å². The molecule has 4 nitrogen and oxygen atoms in total. The molecule has 0 bridgehead atoms. The van der Waals surface area contributed by atoms with Gasteiger partial charge in [-0.15, -0.1) is 0 Å². The number of nitrogens with one attached hydrogen (secondary N) is 3. The summed E-state index contributed by atoms with van der Waals surface area (Å²) in [6, 6.07) is 2.45. The number of hydrogen-bond donors (Lipinski definition) is 3. The van der Waals surface area contributed by atoms with Crippen molar-refractivity contribution in [2.75, 3.05) is 6.54 Å². The molecule has 0 radical (unpaired) electrons. The number of aromatic amines is 2. The fourth-order valence-corrected chi connectivity index (χ4v) is 1.94. The first-order chi connectivity index (χ1) is 8.91. The monoisotopic (exact) mass is 273 g/mol. The van der Waals surface area contributed by atoms with Crippen molar-refractivity contribution >= 4 is 11.0 Å². The number of fused-ring (bicyclic) bond motifs is 1. The Balaban J connectivity index is 2.40. The van der Waals surface area contributed by atoms with E-state index in [1.54, 1.807) is 6.92 Å². The summed E-state index contributed by atoms with van der Waals surface area (Å²) in [6.07, 6.45) is -3.77. The molecule has 2 rings (SSSR count). The third kappa shape index (κ3) is 2.98. The summed E-state index contributed by atoms with van der Waals surface area (Å²) in [5, 5.41) is 2.47. The predicted octanol–water partition coefficient (Wildman–Crippen LogP) is 2.46. The second-order valence-corrected chi connectivity index (χ2v) is 4.31. The van der Waals surface area contributed by atoms with E-state index < -0.39 is 17.9 Å². The second kappa shape index (κ2) is 5.08. The Kier molecular flexibility index (Phi) is 3.66. The van der Waals surface area contributed by atoms with Gasteiger partial charge in [-0.05, 0) is 30.7 Å². The quantitative estimate of drug-likeness (QED) is 0.801. The average Bonchev–Trinajstić information content (AvgIpc) is 2.67. The lowest BCUT2D eigenvalue weighted by Crippen LogP contribution is -2.34. The Bertz CT molecular complexity index is 614. The Hall–Kier alpha value is -1.76. The summed E-state index contributed by atoms with van der Waals surface area (Å²) >= 11 is 0. The average molecular weight is 273 g/mol. The maximum absolute atomic E-state index is 13.0. The van der Waals surface area contributed by atoms with Crippen LogP contribution in [0.1, 0.15) is 24.9 Å². The molecule has 0 fully saturated rings. The summed E-state index contributed by atoms with van der Waals surface area (Å²) in [5.41, 5.74) is 0.515. The number of halogens is 3. The molecule has 3 N–H and O–H groups in total. The van der Waals surface area contributed by atoms with Gasteiger partial charge in [-0.25, -0.2) is 4.79 Å². The van der Waals surface area contributed by atoms with Crippen LogP contribution in [-0.2, 0) is 0 Å². The van der Waals surface area contributed by atoms with Crippen LogP contribution >= 0.6 is 0 Å². The Labute approximate surface area is 107 Å². The van der Waals surface area contributed by atoms with Crippen molar-refractivity contribution in [3.05, 3.63) is 34.2 Å². The van der Waals surface area contributed by atoms with E-state index >= 15 is 0 Å². The van der Waals surface area contributed by atoms with E-state index in [0.29, 0.717) is 17.5 Å². The van der Waals surface area contributed by atoms with E-state index in [1.165, 1.54) is 18.2 Å². The number of imidazole rings is 1. The van der Waals surface area contributed by atoms with Gasteiger partial charge in [-0.1, -0.05) is 13.0 Å². The fraction of sp³-hybridized carbons (Fsp3) is 0.417. The molecule has 0 spiro atoms. The van der Waals surface area contributed by atoms with Crippen LogP contribution in [0.5, 0.6) is 0 Å². The van der Waals surface area contributed by atoms with Gasteiger partial charge >= 0.3 is 11.9 Å². The van der Waals surface area contributed by atoms with Crippen molar-refractivity contribution in [3.8, 4) is 0 Å². The highest BCUT2D eigenvalue weighted by molar-refractivity contribution is 5.75. The molecular formula is C12H14F3N3O. The summed E-state index contributed by atoms with van der Waals surface area (Å²) < 4.78 is 39.0. The SMILES string of the molecule is CCCNC(c1ccc2[nH]c(=O)[nH]c2c1)C(F)(F)F. The van der Waals surface area contributed by atoms with E-state index in [1.807, 2.05) is 0 Å². The molecule has 0 aliphatic rings. The zero-order chi connectivity index (χ0) is 14.0. The highest BCUT2D eigenvalue weighted by Crippen LogP contribution is 2.33. The molecule has 1 aromatic heterocycles. The smallest absolute Gasteiger partial charge is 0.306 e. The van der Waals surface area contributed by atoms with Crippen molar-refractivity contribution in [3.63, 3.8) is 0 Å². The lowest BCUT2D eigenvalue weighted by molar-refractivity contribution is -0.157. The van der Waals surface area contributed by atoms with Gasteiger partial charge in [0.2, 0.25) is 0 Å². The van der Waals surface area contributed by atoms with Crippen LogP contribution in [0.2, 0.25) is 0 Å². The van der Waals surface area contributed by atoms with E-state index in [9.17, 15) is 18.0 Å². The van der Waals surface area contributed by atoms with Gasteiger partial charge in [0.1, 0.15) is 6.04 Å². The van der Waals surface area contributed by atoms with Crippen molar-refractivity contribution < 1.29 is 13.2 Å². The molecule has 1 atom stereocenters. The van der Waals surface area contributed by atoms with Crippen LogP contribution in [0.25, 0.3) is 11.0 Å². The normalized spacial score (nSPS) is 13.9. The summed E-state index contributed by atoms with van der Waals surface area (Å²) in [6.45, 7) is 2.07. The highest BCUT2D eigenvalue weighted by Gasteiger charge is 2.40. The van der Waals surface area contributed by atoms with Gasteiger partial charge in [-0.3, -0.25) is 0 Å². The maximum Gasteiger partial charge on any atom is 0.407 e. The largest absolute Gasteiger partial charge is 0.407 e. The topological polar surface area (TPSA) is 60.7 Å². The first-order valence-electron chi connectivity index (χ1n) is 5.94. The minimum absolute atomic E-state index is 0.0868. The summed E-state index contributed by atoms with van der Waals surface area (Å²) in [4.78, 5) is 16.0. The minimum atomic E-state index is -4.38. The molecule has 1 heterocycles. The number of aromatic nitrogens is 2. The number of rotatable bonds is 4. The molecule has 19 heavy (non-hydrogen) atoms. The zero-order valence-corrected chi connectivity index (χ0v) is 10.3. The molecule has 0 saturated heterocycles. The van der Waals surface area contributed by atoms with E-state index in [0.717, 1.165) is 0 Å². The molecule has 104 valence electrons. The Morgan fingerprint density at radius 1 is 1.26 bits per heavy atom. The first-order valence-corrected chi connectivity index (χ1v) is 5.94. The molecule has 0 amide bonds. The van der Waals surface area contributed by atoms with Crippen LogP contribution < -0.4 is 11.0 Å². The molecule has 0 aliphatic carbocycles. The van der Waals surface area contributed by atoms with Gasteiger partial charge in [0.05, 0.1) is 11.0 Å². The Morgan fingerprint density at radius 2 is 1.95 bits per heavy atom. The highest BCUT2D eigenvalue weighted by atomic mass is 19.4. The predicted molar refractivity (Wildman–Crippen MR) is 66.0 cm³/mol. The molecule has 1 unspecified atom stereocenters. The molecule has 0 aliphatic heterocycles. The van der Waals surface area contributed by atoms with E-state index in [2.05, 4.69) is 15.3 Å². The maximum atomic E-state index is 13.0. The number of hydrogen-bond acceptors (Lipinski definition) is 2. The minimum Gasteiger partial charge on any atom is -0.306 e. The molecule has 7 heteroatoms. The molecular weight excluding hydrogens is 259 g/mol. The van der Waals surface area contributed by atoms with Crippen LogP contribution in [0.3, 0.4) is 0 Å². The molecule has 1 aromatic carbocycles. The first kappa shape index (κ1) is 13.7. The van der Waals surface area contributed by atoms with E-state index in [4.69, 9.17) is 0 Å². The standard InChI is InChI=1S/C12H14F3N3O/c1-2-5-16-10(12(13,14)15)7-3-4-8-9(6-7)18-11(19)17-8/h3-4,6,10,16H,2,5H2,1H3,(H2,17,18,19). The summed E-state index contributed by atoms with van der Waals surface area (Å²) in [5.74, 6) is 0. The second-order valence-electron chi connectivity index (χ2n) is 4.31. The van der Waals surface area contributed by atoms with Crippen molar-refractivity contribution in [1.29, 1.82) is 0 Å². The van der Waals surface area contributed by atoms with Crippen molar-refractivity contribution in [1.82, 2.24) is 15.3 Å². The van der Waals surface area contributed by atoms with Crippen LogP contribution in [0.4, 0.5) is 13.2 Å². The third-order valence-electron chi connectivity index (χ3n) is 2.80. The van der Waals surface area contributed by atoms with Crippen LogP contribution in [0, 0.1) is 0 Å². The summed E-state index contributed by atoms with van der Waals surface area (Å²) in [7, 11) is 0. The molecule has 2 aromatic rings. The number of alkyl halides is 3. The van der Waals surface area contributed by atoms with Gasteiger partial charge in [-0.2, -0.15) is 13.2 Å². The lowest BCUT2D eigenvalue weighted by Gasteiger charge is -2.21. The third-order valence-corrected chi connectivity index (χ3v) is 2.80. The van der Waals surface area contributed by atoms with Crippen LogP contribution in [-0.4, -0.2) is 22.7 Å². The Morgan fingerprint density at radius 3 is 2.58 bits per heavy atom. The lowest BCUT2D eigenvalue weighted by atomic mass is 10.1. The van der Waals surface area contributed by atoms with Crippen LogP contribution in [0.15, 0.2) is 23.0 Å². The van der Waals surface area contributed by atoms with Gasteiger partial charge in [0, 0.05) is 0 Å². The van der Waals surface area contributed by atoms with E-state index in [-0.39, 0.29) is 12.1 Å². The van der Waals surface area contributed by atoms with Gasteiger partial charge in [0.25, 0.3) is 0 Å². The van der Waals surface area contributed by atoms with Crippen molar-refractivity contribution in [2.45, 2.75) is 25.6 Å². The molecule has 0 saturated carbocycles. The number of benzene rings is 1. The van der Waals surface area contributed by atoms with Gasteiger partial charge in [0.15, 0.2) is 0 Å². The zero-order valence-electron chi connectivity index (χ0n) is 10.3. The van der Waals surface area contributed by atoms with Crippen molar-refractivity contribution in [2.24, 2.45) is 0 Å². The fourth-order valence-electron chi connectivity index (χ4n) is 1.94. The number of H-pyrrole nitrogens is 2.